The third-order valence-corrected chi connectivity index (χ3v) is 5.29. The summed E-state index contributed by atoms with van der Waals surface area (Å²) in [5.74, 6) is 2.37. The summed E-state index contributed by atoms with van der Waals surface area (Å²) in [7, 11) is 8.62. The van der Waals surface area contributed by atoms with Gasteiger partial charge in [0.1, 0.15) is 0 Å². The standard InChI is InChI=1S/C23H30N4O3/c1-24-23(25-14-16-6-8-17(9-7-16)22(28)26(2)3)27-11-10-18-12-20(29-4)21(30-5)13-19(18)15-27/h6-9,12-13H,10-11,14-15H2,1-5H3,(H,24,25). The molecule has 160 valence electrons. The van der Waals surface area contributed by atoms with Gasteiger partial charge in [0.05, 0.1) is 14.2 Å². The number of hydrogen-bond acceptors (Lipinski definition) is 4. The quantitative estimate of drug-likeness (QED) is 0.606. The molecule has 2 aromatic rings. The normalized spacial score (nSPS) is 13.5. The molecule has 1 aliphatic rings. The minimum atomic E-state index is 0.00404. The highest BCUT2D eigenvalue weighted by Gasteiger charge is 2.21. The molecule has 3 rings (SSSR count). The third-order valence-electron chi connectivity index (χ3n) is 5.29. The minimum Gasteiger partial charge on any atom is -0.493 e. The number of ether oxygens (including phenoxy) is 2. The molecule has 0 radical (unpaired) electrons. The first kappa shape index (κ1) is 21.5. The monoisotopic (exact) mass is 410 g/mol. The smallest absolute Gasteiger partial charge is 0.253 e. The highest BCUT2D eigenvalue weighted by molar-refractivity contribution is 5.93. The molecule has 0 aromatic heterocycles. The van der Waals surface area contributed by atoms with E-state index in [0.29, 0.717) is 12.1 Å². The van der Waals surface area contributed by atoms with Gasteiger partial charge in [0.2, 0.25) is 0 Å². The fraction of sp³-hybridized carbons (Fsp3) is 0.391. The summed E-state index contributed by atoms with van der Waals surface area (Å²) in [6, 6.07) is 11.8. The van der Waals surface area contributed by atoms with Crippen LogP contribution in [0.1, 0.15) is 27.0 Å². The van der Waals surface area contributed by atoms with Crippen LogP contribution in [0.2, 0.25) is 0 Å². The van der Waals surface area contributed by atoms with E-state index in [-0.39, 0.29) is 5.91 Å². The van der Waals surface area contributed by atoms with Gasteiger partial charge in [-0.3, -0.25) is 9.79 Å². The van der Waals surface area contributed by atoms with Crippen molar-refractivity contribution in [3.63, 3.8) is 0 Å². The Morgan fingerprint density at radius 3 is 2.30 bits per heavy atom. The molecule has 7 nitrogen and oxygen atoms in total. The number of carbonyl (C=O) groups excluding carboxylic acids is 1. The van der Waals surface area contributed by atoms with Crippen LogP contribution in [0, 0.1) is 0 Å². The lowest BCUT2D eigenvalue weighted by atomic mass is 9.99. The Labute approximate surface area is 178 Å². The molecule has 30 heavy (non-hydrogen) atoms. The van der Waals surface area contributed by atoms with Crippen molar-refractivity contribution in [3.05, 3.63) is 58.7 Å². The lowest BCUT2D eigenvalue weighted by molar-refractivity contribution is 0.0827. The van der Waals surface area contributed by atoms with Crippen molar-refractivity contribution >= 4 is 11.9 Å². The maximum atomic E-state index is 12.0. The number of nitrogens with zero attached hydrogens (tertiary/aromatic N) is 3. The van der Waals surface area contributed by atoms with Gasteiger partial charge in [-0.15, -0.1) is 0 Å². The second-order valence-corrected chi connectivity index (χ2v) is 7.44. The Bertz CT molecular complexity index is 923. The minimum absolute atomic E-state index is 0.00404. The Kier molecular flexibility index (Phi) is 6.82. The summed E-state index contributed by atoms with van der Waals surface area (Å²) in [5, 5.41) is 3.43. The van der Waals surface area contributed by atoms with Gasteiger partial charge in [-0.05, 0) is 47.4 Å². The molecule has 1 amide bonds. The van der Waals surface area contributed by atoms with Crippen molar-refractivity contribution in [1.82, 2.24) is 15.1 Å². The third kappa shape index (κ3) is 4.67. The van der Waals surface area contributed by atoms with Gasteiger partial charge in [-0.2, -0.15) is 0 Å². The van der Waals surface area contributed by atoms with Crippen LogP contribution in [0.4, 0.5) is 0 Å². The van der Waals surface area contributed by atoms with E-state index in [1.165, 1.54) is 11.1 Å². The van der Waals surface area contributed by atoms with Crippen LogP contribution >= 0.6 is 0 Å². The average Bonchev–Trinajstić information content (AvgIpc) is 2.78. The van der Waals surface area contributed by atoms with Gasteiger partial charge < -0.3 is 24.6 Å². The van der Waals surface area contributed by atoms with E-state index in [9.17, 15) is 4.79 Å². The fourth-order valence-corrected chi connectivity index (χ4v) is 3.60. The molecule has 7 heteroatoms. The lowest BCUT2D eigenvalue weighted by Gasteiger charge is -2.32. The Balaban J connectivity index is 1.66. The van der Waals surface area contributed by atoms with E-state index >= 15 is 0 Å². The Morgan fingerprint density at radius 1 is 1.10 bits per heavy atom. The molecule has 2 aromatic carbocycles. The number of aliphatic imine (C=N–C) groups is 1. The fourth-order valence-electron chi connectivity index (χ4n) is 3.60. The van der Waals surface area contributed by atoms with Gasteiger partial charge in [0, 0.05) is 46.3 Å². The number of benzene rings is 2. The van der Waals surface area contributed by atoms with Crippen LogP contribution in [0.3, 0.4) is 0 Å². The predicted molar refractivity (Wildman–Crippen MR) is 118 cm³/mol. The van der Waals surface area contributed by atoms with Gasteiger partial charge in [0.15, 0.2) is 17.5 Å². The maximum Gasteiger partial charge on any atom is 0.253 e. The number of amides is 1. The molecule has 0 saturated heterocycles. The summed E-state index contributed by atoms with van der Waals surface area (Å²) in [5.41, 5.74) is 4.27. The second kappa shape index (κ2) is 9.52. The lowest BCUT2D eigenvalue weighted by Crippen LogP contribution is -2.43. The van der Waals surface area contributed by atoms with Crippen LogP contribution < -0.4 is 14.8 Å². The van der Waals surface area contributed by atoms with Crippen molar-refractivity contribution in [2.75, 3.05) is 41.9 Å². The Morgan fingerprint density at radius 2 is 1.73 bits per heavy atom. The highest BCUT2D eigenvalue weighted by atomic mass is 16.5. The van der Waals surface area contributed by atoms with E-state index in [1.807, 2.05) is 30.3 Å². The van der Waals surface area contributed by atoms with Gasteiger partial charge >= 0.3 is 0 Å². The van der Waals surface area contributed by atoms with Crippen LogP contribution in [0.25, 0.3) is 0 Å². The molecule has 1 aliphatic heterocycles. The maximum absolute atomic E-state index is 12.0. The second-order valence-electron chi connectivity index (χ2n) is 7.44. The van der Waals surface area contributed by atoms with Crippen LogP contribution in [0.5, 0.6) is 11.5 Å². The van der Waals surface area contributed by atoms with E-state index in [1.54, 1.807) is 40.3 Å². The molecule has 0 atom stereocenters. The summed E-state index contributed by atoms with van der Waals surface area (Å²) in [4.78, 5) is 20.3. The zero-order valence-electron chi connectivity index (χ0n) is 18.4. The zero-order chi connectivity index (χ0) is 21.7. The number of fused-ring (bicyclic) bond motifs is 1. The topological polar surface area (TPSA) is 66.4 Å². The molecule has 0 spiro atoms. The van der Waals surface area contributed by atoms with Crippen molar-refractivity contribution < 1.29 is 14.3 Å². The predicted octanol–water partition coefficient (Wildman–Crippen LogP) is 2.54. The first-order valence-corrected chi connectivity index (χ1v) is 9.96. The van der Waals surface area contributed by atoms with Crippen molar-refractivity contribution in [2.45, 2.75) is 19.5 Å². The summed E-state index contributed by atoms with van der Waals surface area (Å²) in [6.07, 6.45) is 0.914. The molecule has 1 N–H and O–H groups in total. The van der Waals surface area contributed by atoms with E-state index in [2.05, 4.69) is 21.3 Å². The zero-order valence-corrected chi connectivity index (χ0v) is 18.4. The molecule has 1 heterocycles. The van der Waals surface area contributed by atoms with Crippen LogP contribution in [-0.2, 0) is 19.5 Å². The van der Waals surface area contributed by atoms with Gasteiger partial charge in [-0.25, -0.2) is 0 Å². The molecular weight excluding hydrogens is 380 g/mol. The molecular formula is C23H30N4O3. The molecule has 0 unspecified atom stereocenters. The highest BCUT2D eigenvalue weighted by Crippen LogP contribution is 2.33. The number of guanidine groups is 1. The number of hydrogen-bond donors (Lipinski definition) is 1. The first-order valence-electron chi connectivity index (χ1n) is 9.96. The van der Waals surface area contributed by atoms with Gasteiger partial charge in [0.25, 0.3) is 5.91 Å². The van der Waals surface area contributed by atoms with E-state index in [0.717, 1.165) is 42.5 Å². The number of nitrogens with one attached hydrogen (secondary N) is 1. The molecule has 0 fully saturated rings. The molecule has 0 bridgehead atoms. The largest absolute Gasteiger partial charge is 0.493 e. The van der Waals surface area contributed by atoms with Crippen molar-refractivity contribution in [3.8, 4) is 11.5 Å². The molecule has 0 saturated carbocycles. The summed E-state index contributed by atoms with van der Waals surface area (Å²) in [6.45, 7) is 2.27. The van der Waals surface area contributed by atoms with Gasteiger partial charge in [-0.1, -0.05) is 12.1 Å². The van der Waals surface area contributed by atoms with Crippen LogP contribution in [0.15, 0.2) is 41.4 Å². The summed E-state index contributed by atoms with van der Waals surface area (Å²) < 4.78 is 10.9. The number of rotatable bonds is 5. The SMILES string of the molecule is CN=C(NCc1ccc(C(=O)N(C)C)cc1)N1CCc2cc(OC)c(OC)cc2C1. The molecule has 0 aliphatic carbocycles. The number of carbonyl (C=O) groups is 1. The van der Waals surface area contributed by atoms with Crippen molar-refractivity contribution in [2.24, 2.45) is 4.99 Å². The first-order chi connectivity index (χ1) is 14.5. The number of methoxy groups -OCH3 is 2. The summed E-state index contributed by atoms with van der Waals surface area (Å²) >= 11 is 0. The van der Waals surface area contributed by atoms with Crippen LogP contribution in [-0.4, -0.2) is 63.6 Å². The average molecular weight is 411 g/mol. The van der Waals surface area contributed by atoms with E-state index < -0.39 is 0 Å². The van der Waals surface area contributed by atoms with Crippen molar-refractivity contribution in [1.29, 1.82) is 0 Å². The Hall–Kier alpha value is -3.22. The van der Waals surface area contributed by atoms with E-state index in [4.69, 9.17) is 9.47 Å².